The van der Waals surface area contributed by atoms with E-state index in [-0.39, 0.29) is 5.92 Å². The predicted molar refractivity (Wildman–Crippen MR) is 121 cm³/mol. The number of pyridine rings is 2. The van der Waals surface area contributed by atoms with Crippen molar-refractivity contribution < 1.29 is 4.79 Å². The molecule has 7 nitrogen and oxygen atoms in total. The van der Waals surface area contributed by atoms with Crippen LogP contribution in [0, 0.1) is 12.8 Å². The largest absolute Gasteiger partial charge is 0.362 e. The maximum atomic E-state index is 12.9. The van der Waals surface area contributed by atoms with Gasteiger partial charge in [-0.3, -0.25) is 14.9 Å². The molecule has 7 heteroatoms. The number of aromatic amines is 1. The van der Waals surface area contributed by atoms with Gasteiger partial charge in [0.15, 0.2) is 11.5 Å². The summed E-state index contributed by atoms with van der Waals surface area (Å²) in [6, 6.07) is 10.2. The van der Waals surface area contributed by atoms with Gasteiger partial charge < -0.3 is 10.2 Å². The molecule has 162 valence electrons. The first-order chi connectivity index (χ1) is 15.2. The van der Waals surface area contributed by atoms with E-state index in [4.69, 9.17) is 4.98 Å². The Balaban J connectivity index is 1.28. The predicted octanol–water partition coefficient (Wildman–Crippen LogP) is 4.17. The molecule has 5 rings (SSSR count). The third-order valence-electron chi connectivity index (χ3n) is 6.68. The quantitative estimate of drug-likeness (QED) is 0.649. The van der Waals surface area contributed by atoms with E-state index in [1.54, 1.807) is 0 Å². The van der Waals surface area contributed by atoms with Crippen LogP contribution in [0.2, 0.25) is 0 Å². The molecule has 3 aromatic rings. The average Bonchev–Trinajstić information content (AvgIpc) is 3.47. The number of nitrogens with one attached hydrogen (secondary N) is 2. The fourth-order valence-corrected chi connectivity index (χ4v) is 5.00. The lowest BCUT2D eigenvalue weighted by atomic mass is 9.93. The van der Waals surface area contributed by atoms with E-state index in [0.29, 0.717) is 18.4 Å². The highest BCUT2D eigenvalue weighted by Gasteiger charge is 2.31. The summed E-state index contributed by atoms with van der Waals surface area (Å²) < 4.78 is 0. The van der Waals surface area contributed by atoms with Crippen LogP contribution in [0.4, 0.5) is 5.82 Å². The molecule has 3 aromatic heterocycles. The van der Waals surface area contributed by atoms with Gasteiger partial charge in [0.2, 0.25) is 5.91 Å². The molecule has 1 saturated heterocycles. The van der Waals surface area contributed by atoms with Crippen LogP contribution in [0.15, 0.2) is 30.3 Å². The normalized spacial score (nSPS) is 19.8. The molecule has 2 fully saturated rings. The molecular weight excluding hydrogens is 388 g/mol. The number of hydrogen-bond donors (Lipinski definition) is 2. The van der Waals surface area contributed by atoms with Gasteiger partial charge in [-0.25, -0.2) is 4.98 Å². The Morgan fingerprint density at radius 2 is 2.00 bits per heavy atom. The second-order valence-corrected chi connectivity index (χ2v) is 8.93. The van der Waals surface area contributed by atoms with Crippen molar-refractivity contribution in [2.45, 2.75) is 57.9 Å². The zero-order valence-electron chi connectivity index (χ0n) is 18.1. The van der Waals surface area contributed by atoms with Gasteiger partial charge in [-0.1, -0.05) is 18.9 Å². The minimum absolute atomic E-state index is 0.248. The lowest BCUT2D eigenvalue weighted by molar-refractivity contribution is -0.136. The van der Waals surface area contributed by atoms with Crippen molar-refractivity contribution >= 4 is 22.8 Å². The summed E-state index contributed by atoms with van der Waals surface area (Å²) in [7, 11) is 0. The maximum absolute atomic E-state index is 12.9. The Kier molecular flexibility index (Phi) is 5.57. The third-order valence-corrected chi connectivity index (χ3v) is 6.68. The van der Waals surface area contributed by atoms with Crippen molar-refractivity contribution in [1.29, 1.82) is 0 Å². The molecule has 0 spiro atoms. The number of carbonyl (C=O) groups excluding carboxylic acids is 1. The summed E-state index contributed by atoms with van der Waals surface area (Å²) >= 11 is 0. The van der Waals surface area contributed by atoms with Crippen molar-refractivity contribution in [3.63, 3.8) is 0 Å². The molecule has 1 aliphatic carbocycles. The van der Waals surface area contributed by atoms with Crippen molar-refractivity contribution in [3.8, 4) is 0 Å². The fourth-order valence-electron chi connectivity index (χ4n) is 5.00. The number of rotatable bonds is 5. The summed E-state index contributed by atoms with van der Waals surface area (Å²) in [5, 5.41) is 11.8. The van der Waals surface area contributed by atoms with E-state index in [0.717, 1.165) is 72.7 Å². The zero-order chi connectivity index (χ0) is 21.2. The fraction of sp³-hybridized carbons (Fsp3) is 0.500. The number of H-pyrrole nitrogens is 1. The molecule has 0 aromatic carbocycles. The standard InChI is InChI=1S/C24H30N6O/c1-16-6-4-10-19(26-16)14-25-22-20-11-12-21(27-23(20)29-28-22)18-9-5-13-30(15-18)24(31)17-7-2-3-8-17/h4,6,10-12,17-18H,2-3,5,7-9,13-15H2,1H3,(H2,25,27,28,29)/t18-/m0/s1. The number of amides is 1. The first-order valence-electron chi connectivity index (χ1n) is 11.5. The van der Waals surface area contributed by atoms with Gasteiger partial charge in [0.25, 0.3) is 0 Å². The van der Waals surface area contributed by atoms with E-state index < -0.39 is 0 Å². The van der Waals surface area contributed by atoms with Crippen molar-refractivity contribution in [3.05, 3.63) is 47.4 Å². The smallest absolute Gasteiger partial charge is 0.225 e. The van der Waals surface area contributed by atoms with Crippen LogP contribution in [-0.4, -0.2) is 44.1 Å². The maximum Gasteiger partial charge on any atom is 0.225 e. The Morgan fingerprint density at radius 1 is 1.13 bits per heavy atom. The molecule has 1 atom stereocenters. The number of nitrogens with zero attached hydrogens (tertiary/aromatic N) is 4. The number of aryl methyl sites for hydroxylation is 1. The van der Waals surface area contributed by atoms with Crippen LogP contribution in [0.3, 0.4) is 0 Å². The zero-order valence-corrected chi connectivity index (χ0v) is 18.1. The van der Waals surface area contributed by atoms with Gasteiger partial charge >= 0.3 is 0 Å². The Hall–Kier alpha value is -2.96. The van der Waals surface area contributed by atoms with Gasteiger partial charge in [0.1, 0.15) is 0 Å². The minimum Gasteiger partial charge on any atom is -0.362 e. The van der Waals surface area contributed by atoms with E-state index in [9.17, 15) is 4.79 Å². The number of aromatic nitrogens is 4. The van der Waals surface area contributed by atoms with Gasteiger partial charge in [-0.05, 0) is 56.9 Å². The van der Waals surface area contributed by atoms with E-state index >= 15 is 0 Å². The number of carbonyl (C=O) groups is 1. The number of fused-ring (bicyclic) bond motifs is 1. The van der Waals surface area contributed by atoms with E-state index in [1.807, 2.05) is 25.1 Å². The molecule has 1 aliphatic heterocycles. The number of anilines is 1. The number of piperidine rings is 1. The number of hydrogen-bond acceptors (Lipinski definition) is 5. The summed E-state index contributed by atoms with van der Waals surface area (Å²) in [5.74, 6) is 1.69. The highest BCUT2D eigenvalue weighted by atomic mass is 16.2. The minimum atomic E-state index is 0.248. The number of likely N-dealkylation sites (tertiary alicyclic amines) is 1. The molecule has 1 amide bonds. The molecule has 2 aliphatic rings. The van der Waals surface area contributed by atoms with Gasteiger partial charge in [-0.2, -0.15) is 5.10 Å². The molecule has 1 saturated carbocycles. The monoisotopic (exact) mass is 418 g/mol. The Labute approximate surface area is 182 Å². The molecule has 0 radical (unpaired) electrons. The molecular formula is C24H30N6O. The second kappa shape index (κ2) is 8.65. The Morgan fingerprint density at radius 3 is 2.84 bits per heavy atom. The van der Waals surface area contributed by atoms with Gasteiger partial charge in [-0.15, -0.1) is 0 Å². The lowest BCUT2D eigenvalue weighted by Gasteiger charge is -2.34. The molecule has 0 unspecified atom stereocenters. The first kappa shape index (κ1) is 20.0. The second-order valence-electron chi connectivity index (χ2n) is 8.93. The van der Waals surface area contributed by atoms with Crippen molar-refractivity contribution in [1.82, 2.24) is 25.1 Å². The van der Waals surface area contributed by atoms with Crippen molar-refractivity contribution in [2.24, 2.45) is 5.92 Å². The van der Waals surface area contributed by atoms with Crippen LogP contribution in [0.5, 0.6) is 0 Å². The Bertz CT molecular complexity index is 1070. The lowest BCUT2D eigenvalue weighted by Crippen LogP contribution is -2.42. The average molecular weight is 419 g/mol. The molecule has 2 N–H and O–H groups in total. The SMILES string of the molecule is Cc1cccc(CNc2n[nH]c3nc([C@H]4CCCN(C(=O)C5CCCC5)C4)ccc23)n1. The summed E-state index contributed by atoms with van der Waals surface area (Å²) in [4.78, 5) is 24.4. The van der Waals surface area contributed by atoms with Crippen LogP contribution < -0.4 is 5.32 Å². The highest BCUT2D eigenvalue weighted by molar-refractivity contribution is 5.87. The van der Waals surface area contributed by atoms with Gasteiger partial charge in [0.05, 0.1) is 17.6 Å². The summed E-state index contributed by atoms with van der Waals surface area (Å²) in [5.41, 5.74) is 3.82. The highest BCUT2D eigenvalue weighted by Crippen LogP contribution is 2.32. The molecule has 4 heterocycles. The van der Waals surface area contributed by atoms with Crippen molar-refractivity contribution in [2.75, 3.05) is 18.4 Å². The third kappa shape index (κ3) is 4.27. The topological polar surface area (TPSA) is 86.8 Å². The van der Waals surface area contributed by atoms with Gasteiger partial charge in [0, 0.05) is 36.3 Å². The van der Waals surface area contributed by atoms with Crippen LogP contribution in [-0.2, 0) is 11.3 Å². The summed E-state index contributed by atoms with van der Waals surface area (Å²) in [6.07, 6.45) is 6.63. The molecule has 31 heavy (non-hydrogen) atoms. The van der Waals surface area contributed by atoms with E-state index in [2.05, 4.69) is 37.5 Å². The summed E-state index contributed by atoms with van der Waals surface area (Å²) in [6.45, 7) is 4.28. The van der Waals surface area contributed by atoms with Crippen LogP contribution >= 0.6 is 0 Å². The first-order valence-corrected chi connectivity index (χ1v) is 11.5. The van der Waals surface area contributed by atoms with Crippen LogP contribution in [0.25, 0.3) is 11.0 Å². The van der Waals surface area contributed by atoms with E-state index in [1.165, 1.54) is 12.8 Å². The molecule has 0 bridgehead atoms. The van der Waals surface area contributed by atoms with Crippen LogP contribution in [0.1, 0.15) is 61.5 Å².